The molecule has 1 N–H and O–H groups in total. The van der Waals surface area contributed by atoms with Crippen LogP contribution in [0.5, 0.6) is 0 Å². The van der Waals surface area contributed by atoms with E-state index in [2.05, 4.69) is 15.6 Å². The molecule has 5 nitrogen and oxygen atoms in total. The summed E-state index contributed by atoms with van der Waals surface area (Å²) in [5, 5.41) is 10.0. The number of carbonyl (C=O) groups is 1. The first kappa shape index (κ1) is 14.2. The molecule has 0 aliphatic rings. The summed E-state index contributed by atoms with van der Waals surface area (Å²) in [6.07, 6.45) is 1.47. The molecule has 0 bridgehead atoms. The SMILES string of the molecule is O=C(Nc1cccc(Cl)c1F)c1cn(-c2ccccc2)nn1. The number of aromatic nitrogens is 3. The van der Waals surface area contributed by atoms with E-state index in [4.69, 9.17) is 11.6 Å². The van der Waals surface area contributed by atoms with Crippen LogP contribution < -0.4 is 5.32 Å². The van der Waals surface area contributed by atoms with E-state index in [1.807, 2.05) is 30.3 Å². The third kappa shape index (κ3) is 2.82. The van der Waals surface area contributed by atoms with E-state index in [1.54, 1.807) is 6.07 Å². The number of halogens is 2. The molecular formula is C15H10ClFN4O. The molecule has 22 heavy (non-hydrogen) atoms. The van der Waals surface area contributed by atoms with Crippen molar-refractivity contribution < 1.29 is 9.18 Å². The fourth-order valence-electron chi connectivity index (χ4n) is 1.86. The molecule has 1 aromatic heterocycles. The highest BCUT2D eigenvalue weighted by Crippen LogP contribution is 2.22. The fraction of sp³-hybridized carbons (Fsp3) is 0. The molecule has 1 amide bonds. The Labute approximate surface area is 130 Å². The second-order valence-corrected chi connectivity index (χ2v) is 4.85. The first-order chi connectivity index (χ1) is 10.6. The van der Waals surface area contributed by atoms with E-state index >= 15 is 0 Å². The molecule has 0 atom stereocenters. The van der Waals surface area contributed by atoms with Gasteiger partial charge >= 0.3 is 0 Å². The Morgan fingerprint density at radius 3 is 2.68 bits per heavy atom. The predicted octanol–water partition coefficient (Wildman–Crippen LogP) is 3.31. The zero-order valence-electron chi connectivity index (χ0n) is 11.2. The first-order valence-corrected chi connectivity index (χ1v) is 6.76. The zero-order chi connectivity index (χ0) is 15.5. The summed E-state index contributed by atoms with van der Waals surface area (Å²) in [6, 6.07) is 13.6. The van der Waals surface area contributed by atoms with Crippen LogP contribution in [0.3, 0.4) is 0 Å². The molecule has 0 unspecified atom stereocenters. The minimum Gasteiger partial charge on any atom is -0.318 e. The number of anilines is 1. The summed E-state index contributed by atoms with van der Waals surface area (Å²) in [6.45, 7) is 0. The molecule has 0 spiro atoms. The number of rotatable bonds is 3. The van der Waals surface area contributed by atoms with Crippen molar-refractivity contribution in [2.75, 3.05) is 5.32 Å². The largest absolute Gasteiger partial charge is 0.318 e. The van der Waals surface area contributed by atoms with Crippen LogP contribution in [0.2, 0.25) is 5.02 Å². The Kier molecular flexibility index (Phi) is 3.84. The number of carbonyl (C=O) groups excluding carboxylic acids is 1. The van der Waals surface area contributed by atoms with E-state index in [1.165, 1.54) is 23.0 Å². The van der Waals surface area contributed by atoms with Gasteiger partial charge in [0.2, 0.25) is 0 Å². The van der Waals surface area contributed by atoms with Crippen molar-refractivity contribution in [2.24, 2.45) is 0 Å². The van der Waals surface area contributed by atoms with E-state index in [0.29, 0.717) is 0 Å². The Bertz CT molecular complexity index is 819. The number of para-hydroxylation sites is 1. The van der Waals surface area contributed by atoms with Gasteiger partial charge in [0.15, 0.2) is 11.5 Å². The molecule has 3 aromatic rings. The molecule has 7 heteroatoms. The van der Waals surface area contributed by atoms with Crippen LogP contribution >= 0.6 is 11.6 Å². The first-order valence-electron chi connectivity index (χ1n) is 6.38. The van der Waals surface area contributed by atoms with Crippen molar-refractivity contribution in [3.05, 3.63) is 71.3 Å². The molecule has 0 aliphatic carbocycles. The molecule has 110 valence electrons. The van der Waals surface area contributed by atoms with Crippen molar-refractivity contribution >= 4 is 23.2 Å². The second-order valence-electron chi connectivity index (χ2n) is 4.44. The summed E-state index contributed by atoms with van der Waals surface area (Å²) in [4.78, 5) is 12.1. The lowest BCUT2D eigenvalue weighted by Crippen LogP contribution is -2.13. The standard InChI is InChI=1S/C15H10ClFN4O/c16-11-7-4-8-12(14(11)17)18-15(22)13-9-21(20-19-13)10-5-2-1-3-6-10/h1-9H,(H,18,22). The molecule has 0 fully saturated rings. The number of hydrogen-bond donors (Lipinski definition) is 1. The van der Waals surface area contributed by atoms with Crippen molar-refractivity contribution in [1.29, 1.82) is 0 Å². The van der Waals surface area contributed by atoms with Crippen LogP contribution in [-0.4, -0.2) is 20.9 Å². The topological polar surface area (TPSA) is 59.8 Å². The van der Waals surface area contributed by atoms with Gasteiger partial charge in [-0.1, -0.05) is 41.1 Å². The van der Waals surface area contributed by atoms with Gasteiger partial charge in [-0.05, 0) is 24.3 Å². The number of hydrogen-bond acceptors (Lipinski definition) is 3. The predicted molar refractivity (Wildman–Crippen MR) is 80.7 cm³/mol. The number of benzene rings is 2. The van der Waals surface area contributed by atoms with Gasteiger partial charge in [-0.2, -0.15) is 0 Å². The zero-order valence-corrected chi connectivity index (χ0v) is 12.0. The number of nitrogens with one attached hydrogen (secondary N) is 1. The lowest BCUT2D eigenvalue weighted by molar-refractivity contribution is 0.102. The van der Waals surface area contributed by atoms with E-state index in [0.717, 1.165) is 5.69 Å². The average molecular weight is 317 g/mol. The van der Waals surface area contributed by atoms with Crippen molar-refractivity contribution in [3.63, 3.8) is 0 Å². The van der Waals surface area contributed by atoms with Crippen LogP contribution in [0.15, 0.2) is 54.7 Å². The highest BCUT2D eigenvalue weighted by Gasteiger charge is 2.14. The van der Waals surface area contributed by atoms with E-state index in [-0.39, 0.29) is 16.4 Å². The molecule has 0 radical (unpaired) electrons. The quantitative estimate of drug-likeness (QED) is 0.806. The Morgan fingerprint density at radius 1 is 1.14 bits per heavy atom. The molecule has 1 heterocycles. The van der Waals surface area contributed by atoms with Crippen LogP contribution in [0.4, 0.5) is 10.1 Å². The third-order valence-electron chi connectivity index (χ3n) is 2.95. The maximum Gasteiger partial charge on any atom is 0.277 e. The molecule has 0 saturated heterocycles. The van der Waals surface area contributed by atoms with Gasteiger partial charge in [0.25, 0.3) is 5.91 Å². The minimum atomic E-state index is -0.687. The Balaban J connectivity index is 1.82. The second kappa shape index (κ2) is 5.95. The lowest BCUT2D eigenvalue weighted by Gasteiger charge is -2.05. The van der Waals surface area contributed by atoms with E-state index in [9.17, 15) is 9.18 Å². The highest BCUT2D eigenvalue weighted by atomic mass is 35.5. The van der Waals surface area contributed by atoms with Crippen molar-refractivity contribution in [2.45, 2.75) is 0 Å². The summed E-state index contributed by atoms with van der Waals surface area (Å²) in [7, 11) is 0. The van der Waals surface area contributed by atoms with Crippen molar-refractivity contribution in [1.82, 2.24) is 15.0 Å². The van der Waals surface area contributed by atoms with Crippen LogP contribution in [0, 0.1) is 5.82 Å². The smallest absolute Gasteiger partial charge is 0.277 e. The highest BCUT2D eigenvalue weighted by molar-refractivity contribution is 6.31. The lowest BCUT2D eigenvalue weighted by atomic mass is 10.3. The fourth-order valence-corrected chi connectivity index (χ4v) is 2.04. The summed E-state index contributed by atoms with van der Waals surface area (Å²) in [5.41, 5.74) is 0.831. The van der Waals surface area contributed by atoms with Gasteiger partial charge in [-0.25, -0.2) is 9.07 Å². The van der Waals surface area contributed by atoms with Gasteiger partial charge in [-0.15, -0.1) is 5.10 Å². The minimum absolute atomic E-state index is 0.00763. The third-order valence-corrected chi connectivity index (χ3v) is 3.24. The Hall–Kier alpha value is -2.73. The summed E-state index contributed by atoms with van der Waals surface area (Å²) < 4.78 is 15.2. The van der Waals surface area contributed by atoms with Gasteiger partial charge in [0, 0.05) is 0 Å². The maximum atomic E-state index is 13.8. The van der Waals surface area contributed by atoms with Crippen LogP contribution in [-0.2, 0) is 0 Å². The molecule has 3 rings (SSSR count). The molecular weight excluding hydrogens is 307 g/mol. The number of nitrogens with zero attached hydrogens (tertiary/aromatic N) is 3. The van der Waals surface area contributed by atoms with Gasteiger partial charge < -0.3 is 5.32 Å². The van der Waals surface area contributed by atoms with Gasteiger partial charge in [0.05, 0.1) is 22.6 Å². The van der Waals surface area contributed by atoms with Gasteiger partial charge in [-0.3, -0.25) is 4.79 Å². The van der Waals surface area contributed by atoms with Crippen molar-refractivity contribution in [3.8, 4) is 5.69 Å². The summed E-state index contributed by atoms with van der Waals surface area (Å²) >= 11 is 5.67. The van der Waals surface area contributed by atoms with Gasteiger partial charge in [0.1, 0.15) is 0 Å². The normalized spacial score (nSPS) is 10.5. The average Bonchev–Trinajstić information content (AvgIpc) is 3.03. The van der Waals surface area contributed by atoms with Crippen LogP contribution in [0.1, 0.15) is 10.5 Å². The maximum absolute atomic E-state index is 13.8. The Morgan fingerprint density at radius 2 is 1.91 bits per heavy atom. The monoisotopic (exact) mass is 316 g/mol. The molecule has 0 saturated carbocycles. The molecule has 0 aliphatic heterocycles. The number of amides is 1. The molecule has 2 aromatic carbocycles. The summed E-state index contributed by atoms with van der Waals surface area (Å²) in [5.74, 6) is -1.25. The van der Waals surface area contributed by atoms with Crippen LogP contribution in [0.25, 0.3) is 5.69 Å². The van der Waals surface area contributed by atoms with E-state index < -0.39 is 11.7 Å².